The van der Waals surface area contributed by atoms with Gasteiger partial charge in [0.15, 0.2) is 0 Å². The quantitative estimate of drug-likeness (QED) is 0.384. The van der Waals surface area contributed by atoms with Gasteiger partial charge in [0.25, 0.3) is 11.5 Å². The number of nitrogens with one attached hydrogen (secondary N) is 2. The molecule has 9 nitrogen and oxygen atoms in total. The SMILES string of the molecule is Cc1cc(NCCNc2ccc([N+](=O)[O-])c(C(F)(F)F)c2)n2ncnc2n1. The van der Waals surface area contributed by atoms with Gasteiger partial charge in [-0.1, -0.05) is 0 Å². The zero-order chi connectivity index (χ0) is 19.6. The van der Waals surface area contributed by atoms with Crippen LogP contribution in [-0.4, -0.2) is 37.6 Å². The van der Waals surface area contributed by atoms with E-state index in [1.807, 2.05) is 0 Å². The van der Waals surface area contributed by atoms with Gasteiger partial charge in [0.1, 0.15) is 17.7 Å². The van der Waals surface area contributed by atoms with Crippen LogP contribution in [0.2, 0.25) is 0 Å². The van der Waals surface area contributed by atoms with Gasteiger partial charge in [-0.15, -0.1) is 0 Å². The molecule has 2 aromatic heterocycles. The molecule has 0 spiro atoms. The van der Waals surface area contributed by atoms with E-state index in [4.69, 9.17) is 0 Å². The Morgan fingerprint density at radius 1 is 1.22 bits per heavy atom. The smallest absolute Gasteiger partial charge is 0.383 e. The Labute approximate surface area is 150 Å². The highest BCUT2D eigenvalue weighted by atomic mass is 19.4. The predicted octanol–water partition coefficient (Wildman–Crippen LogP) is 2.88. The molecule has 0 fully saturated rings. The van der Waals surface area contributed by atoms with Crippen LogP contribution < -0.4 is 10.6 Å². The third-order valence-electron chi connectivity index (χ3n) is 3.64. The minimum absolute atomic E-state index is 0.131. The average molecular weight is 381 g/mol. The van der Waals surface area contributed by atoms with Crippen LogP contribution in [0.15, 0.2) is 30.6 Å². The second kappa shape index (κ2) is 7.05. The van der Waals surface area contributed by atoms with Gasteiger partial charge in [-0.2, -0.15) is 27.8 Å². The van der Waals surface area contributed by atoms with Gasteiger partial charge in [0.05, 0.1) is 4.92 Å². The largest absolute Gasteiger partial charge is 0.423 e. The molecule has 0 bridgehead atoms. The van der Waals surface area contributed by atoms with E-state index in [1.165, 1.54) is 16.9 Å². The van der Waals surface area contributed by atoms with Crippen molar-refractivity contribution in [3.63, 3.8) is 0 Å². The number of anilines is 2. The lowest BCUT2D eigenvalue weighted by Gasteiger charge is -2.12. The lowest BCUT2D eigenvalue weighted by molar-refractivity contribution is -0.388. The van der Waals surface area contributed by atoms with Gasteiger partial charge in [-0.25, -0.2) is 4.98 Å². The number of aromatic nitrogens is 4. The normalized spacial score (nSPS) is 11.6. The van der Waals surface area contributed by atoms with Crippen LogP contribution in [0.4, 0.5) is 30.4 Å². The van der Waals surface area contributed by atoms with Crippen molar-refractivity contribution in [1.82, 2.24) is 19.6 Å². The average Bonchev–Trinajstić information content (AvgIpc) is 3.05. The van der Waals surface area contributed by atoms with Gasteiger partial charge < -0.3 is 10.6 Å². The molecule has 0 aliphatic rings. The van der Waals surface area contributed by atoms with Crippen LogP contribution >= 0.6 is 0 Å². The molecule has 0 saturated carbocycles. The molecular weight excluding hydrogens is 367 g/mol. The van der Waals surface area contributed by atoms with E-state index in [0.29, 0.717) is 18.1 Å². The zero-order valence-corrected chi connectivity index (χ0v) is 14.0. The van der Waals surface area contributed by atoms with Crippen LogP contribution in [0, 0.1) is 17.0 Å². The van der Waals surface area contributed by atoms with Crippen molar-refractivity contribution in [3.05, 3.63) is 52.0 Å². The third kappa shape index (κ3) is 4.04. The van der Waals surface area contributed by atoms with Gasteiger partial charge in [-0.05, 0) is 19.1 Å². The second-order valence-corrected chi connectivity index (χ2v) is 5.59. The van der Waals surface area contributed by atoms with E-state index >= 15 is 0 Å². The number of benzene rings is 1. The molecule has 0 radical (unpaired) electrons. The molecule has 0 amide bonds. The fourth-order valence-corrected chi connectivity index (χ4v) is 2.49. The van der Waals surface area contributed by atoms with Crippen LogP contribution in [-0.2, 0) is 6.18 Å². The molecule has 2 N–H and O–H groups in total. The standard InChI is InChI=1S/C15H14F3N7O2/c1-9-6-13(24-14(23-9)21-8-22-24)20-5-4-19-10-2-3-12(25(26)27)11(7-10)15(16,17)18/h2-3,6-8,19-20H,4-5H2,1H3. The van der Waals surface area contributed by atoms with Crippen LogP contribution in [0.3, 0.4) is 0 Å². The minimum Gasteiger partial charge on any atom is -0.383 e. The topological polar surface area (TPSA) is 110 Å². The molecule has 3 aromatic rings. The summed E-state index contributed by atoms with van der Waals surface area (Å²) in [6, 6.07) is 4.56. The lowest BCUT2D eigenvalue weighted by Crippen LogP contribution is -2.17. The van der Waals surface area contributed by atoms with Crippen molar-refractivity contribution >= 4 is 23.0 Å². The fraction of sp³-hybridized carbons (Fsp3) is 0.267. The van der Waals surface area contributed by atoms with Gasteiger partial charge >= 0.3 is 6.18 Å². The highest BCUT2D eigenvalue weighted by Crippen LogP contribution is 2.37. The number of rotatable bonds is 6. The Morgan fingerprint density at radius 2 is 1.96 bits per heavy atom. The van der Waals surface area contributed by atoms with Gasteiger partial charge in [-0.3, -0.25) is 10.1 Å². The Kier molecular flexibility index (Phi) is 4.79. The van der Waals surface area contributed by atoms with Crippen molar-refractivity contribution < 1.29 is 18.1 Å². The molecule has 3 rings (SSSR count). The maximum atomic E-state index is 13.0. The number of nitro groups is 1. The number of hydrogen-bond acceptors (Lipinski definition) is 7. The first-order chi connectivity index (χ1) is 12.8. The lowest BCUT2D eigenvalue weighted by atomic mass is 10.1. The molecular formula is C15H14F3N7O2. The molecule has 27 heavy (non-hydrogen) atoms. The number of alkyl halides is 3. The highest BCUT2D eigenvalue weighted by Gasteiger charge is 2.38. The maximum Gasteiger partial charge on any atom is 0.423 e. The summed E-state index contributed by atoms with van der Waals surface area (Å²) < 4.78 is 40.5. The molecule has 0 aliphatic carbocycles. The van der Waals surface area contributed by atoms with E-state index in [-0.39, 0.29) is 12.2 Å². The third-order valence-corrected chi connectivity index (χ3v) is 3.64. The van der Waals surface area contributed by atoms with Crippen LogP contribution in [0.1, 0.15) is 11.3 Å². The predicted molar refractivity (Wildman–Crippen MR) is 90.6 cm³/mol. The van der Waals surface area contributed by atoms with E-state index < -0.39 is 22.4 Å². The molecule has 0 unspecified atom stereocenters. The highest BCUT2D eigenvalue weighted by molar-refractivity contribution is 5.55. The van der Waals surface area contributed by atoms with Gasteiger partial charge in [0.2, 0.25) is 0 Å². The summed E-state index contributed by atoms with van der Waals surface area (Å²) in [5.74, 6) is 1.06. The summed E-state index contributed by atoms with van der Waals surface area (Å²) in [4.78, 5) is 17.9. The van der Waals surface area contributed by atoms with Crippen molar-refractivity contribution in [2.24, 2.45) is 0 Å². The molecule has 0 atom stereocenters. The first kappa shape index (κ1) is 18.4. The molecule has 1 aromatic carbocycles. The van der Waals surface area contributed by atoms with E-state index in [9.17, 15) is 23.3 Å². The number of nitrogens with zero attached hydrogens (tertiary/aromatic N) is 5. The van der Waals surface area contributed by atoms with E-state index in [0.717, 1.165) is 17.8 Å². The maximum absolute atomic E-state index is 13.0. The summed E-state index contributed by atoms with van der Waals surface area (Å²) in [5, 5.41) is 20.7. The van der Waals surface area contributed by atoms with Crippen molar-refractivity contribution in [2.45, 2.75) is 13.1 Å². The Morgan fingerprint density at radius 3 is 2.67 bits per heavy atom. The van der Waals surface area contributed by atoms with Crippen molar-refractivity contribution in [2.75, 3.05) is 23.7 Å². The number of nitro benzene ring substituents is 1. The Balaban J connectivity index is 1.67. The molecule has 2 heterocycles. The zero-order valence-electron chi connectivity index (χ0n) is 14.0. The van der Waals surface area contributed by atoms with Crippen LogP contribution in [0.25, 0.3) is 5.78 Å². The van der Waals surface area contributed by atoms with E-state index in [2.05, 4.69) is 25.7 Å². The Bertz CT molecular complexity index is 987. The first-order valence-electron chi connectivity index (χ1n) is 7.76. The van der Waals surface area contributed by atoms with Crippen molar-refractivity contribution in [1.29, 1.82) is 0 Å². The minimum atomic E-state index is -4.81. The van der Waals surface area contributed by atoms with Crippen LogP contribution in [0.5, 0.6) is 0 Å². The fourth-order valence-electron chi connectivity index (χ4n) is 2.49. The summed E-state index contributed by atoms with van der Waals surface area (Å²) in [6.45, 7) is 2.43. The monoisotopic (exact) mass is 381 g/mol. The van der Waals surface area contributed by atoms with Crippen molar-refractivity contribution in [3.8, 4) is 0 Å². The first-order valence-corrected chi connectivity index (χ1v) is 7.76. The van der Waals surface area contributed by atoms with Gasteiger partial charge in [0, 0.05) is 36.6 Å². The molecule has 142 valence electrons. The molecule has 12 heteroatoms. The van der Waals surface area contributed by atoms with E-state index in [1.54, 1.807) is 13.0 Å². The second-order valence-electron chi connectivity index (χ2n) is 5.59. The number of fused-ring (bicyclic) bond motifs is 1. The summed E-state index contributed by atoms with van der Waals surface area (Å²) in [6.07, 6.45) is -3.45. The Hall–Kier alpha value is -3.44. The number of aryl methyl sites for hydroxylation is 1. The summed E-state index contributed by atoms with van der Waals surface area (Å²) in [5.41, 5.74) is -1.41. The molecule has 0 aliphatic heterocycles. The summed E-state index contributed by atoms with van der Waals surface area (Å²) in [7, 11) is 0. The number of halogens is 3. The molecule has 0 saturated heterocycles. The summed E-state index contributed by atoms with van der Waals surface area (Å²) >= 11 is 0. The number of hydrogen-bond donors (Lipinski definition) is 2.